The SMILES string of the molecule is CCCS(=O)(=O)CCNC(C(=O)O)c1ccccc1. The van der Waals surface area contributed by atoms with E-state index in [1.54, 1.807) is 37.3 Å². The van der Waals surface area contributed by atoms with Crippen LogP contribution in [-0.2, 0) is 14.6 Å². The second-order valence-electron chi connectivity index (χ2n) is 4.29. The van der Waals surface area contributed by atoms with Gasteiger partial charge in [-0.05, 0) is 12.0 Å². The van der Waals surface area contributed by atoms with Crippen molar-refractivity contribution >= 4 is 15.8 Å². The second kappa shape index (κ2) is 7.25. The highest BCUT2D eigenvalue weighted by Gasteiger charge is 2.19. The van der Waals surface area contributed by atoms with E-state index >= 15 is 0 Å². The maximum atomic E-state index is 11.5. The molecule has 0 spiro atoms. The van der Waals surface area contributed by atoms with Crippen LogP contribution in [0, 0.1) is 0 Å². The third kappa shape index (κ3) is 5.40. The van der Waals surface area contributed by atoms with Crippen LogP contribution < -0.4 is 5.32 Å². The molecule has 1 atom stereocenters. The summed E-state index contributed by atoms with van der Waals surface area (Å²) in [7, 11) is -3.09. The number of benzene rings is 1. The largest absolute Gasteiger partial charge is 0.480 e. The van der Waals surface area contributed by atoms with Crippen molar-refractivity contribution in [3.8, 4) is 0 Å². The van der Waals surface area contributed by atoms with Gasteiger partial charge >= 0.3 is 5.97 Å². The molecule has 0 aliphatic heterocycles. The van der Waals surface area contributed by atoms with Gasteiger partial charge in [0.05, 0.1) is 5.75 Å². The van der Waals surface area contributed by atoms with Gasteiger partial charge < -0.3 is 5.11 Å². The maximum absolute atomic E-state index is 11.5. The normalized spacial score (nSPS) is 13.1. The number of carboxylic acids is 1. The van der Waals surface area contributed by atoms with Gasteiger partial charge in [-0.1, -0.05) is 37.3 Å². The molecule has 0 aromatic heterocycles. The Morgan fingerprint density at radius 1 is 1.26 bits per heavy atom. The Kier molecular flexibility index (Phi) is 5.98. The first-order valence-electron chi connectivity index (χ1n) is 6.18. The summed E-state index contributed by atoms with van der Waals surface area (Å²) >= 11 is 0. The number of carboxylic acid groups (broad SMARTS) is 1. The van der Waals surface area contributed by atoms with Crippen LogP contribution >= 0.6 is 0 Å². The van der Waals surface area contributed by atoms with Crippen LogP contribution in [0.4, 0.5) is 0 Å². The molecule has 0 radical (unpaired) electrons. The fourth-order valence-corrected chi connectivity index (χ4v) is 3.02. The Bertz CT molecular complexity index is 499. The van der Waals surface area contributed by atoms with Gasteiger partial charge in [-0.3, -0.25) is 10.1 Å². The van der Waals surface area contributed by atoms with Gasteiger partial charge in [0.2, 0.25) is 0 Å². The highest BCUT2D eigenvalue weighted by molar-refractivity contribution is 7.91. The average Bonchev–Trinajstić information content (AvgIpc) is 2.35. The third-order valence-electron chi connectivity index (χ3n) is 2.66. The van der Waals surface area contributed by atoms with Crippen molar-refractivity contribution in [3.05, 3.63) is 35.9 Å². The van der Waals surface area contributed by atoms with E-state index in [1.165, 1.54) is 0 Å². The molecule has 2 N–H and O–H groups in total. The van der Waals surface area contributed by atoms with Crippen LogP contribution in [0.1, 0.15) is 24.9 Å². The Balaban J connectivity index is 2.60. The minimum Gasteiger partial charge on any atom is -0.480 e. The van der Waals surface area contributed by atoms with E-state index < -0.39 is 21.8 Å². The summed E-state index contributed by atoms with van der Waals surface area (Å²) in [5.74, 6) is -0.922. The van der Waals surface area contributed by atoms with E-state index in [0.29, 0.717) is 12.0 Å². The summed E-state index contributed by atoms with van der Waals surface area (Å²) in [6.07, 6.45) is 0.573. The molecule has 106 valence electrons. The third-order valence-corrected chi connectivity index (χ3v) is 4.51. The van der Waals surface area contributed by atoms with Gasteiger partial charge in [0.1, 0.15) is 6.04 Å². The van der Waals surface area contributed by atoms with Crippen molar-refractivity contribution < 1.29 is 18.3 Å². The molecule has 0 saturated carbocycles. The molecule has 0 aliphatic rings. The Hall–Kier alpha value is -1.40. The zero-order valence-corrected chi connectivity index (χ0v) is 11.7. The first-order valence-corrected chi connectivity index (χ1v) is 8.00. The molecule has 1 aromatic rings. The summed E-state index contributed by atoms with van der Waals surface area (Å²) in [6.45, 7) is 1.93. The molecule has 0 amide bonds. The number of carbonyl (C=O) groups is 1. The van der Waals surface area contributed by atoms with E-state index in [2.05, 4.69) is 5.32 Å². The Labute approximate surface area is 113 Å². The van der Waals surface area contributed by atoms with Gasteiger partial charge in [-0.15, -0.1) is 0 Å². The molecule has 19 heavy (non-hydrogen) atoms. The molecule has 0 bridgehead atoms. The van der Waals surface area contributed by atoms with E-state index in [9.17, 15) is 13.2 Å². The van der Waals surface area contributed by atoms with Gasteiger partial charge in [0.15, 0.2) is 9.84 Å². The highest BCUT2D eigenvalue weighted by Crippen LogP contribution is 2.12. The van der Waals surface area contributed by atoms with Crippen molar-refractivity contribution in [2.45, 2.75) is 19.4 Å². The van der Waals surface area contributed by atoms with Crippen molar-refractivity contribution in [2.24, 2.45) is 0 Å². The fraction of sp³-hybridized carbons (Fsp3) is 0.462. The van der Waals surface area contributed by atoms with E-state index in [4.69, 9.17) is 5.11 Å². The topological polar surface area (TPSA) is 83.5 Å². The lowest BCUT2D eigenvalue weighted by molar-refractivity contribution is -0.139. The Morgan fingerprint density at radius 3 is 2.42 bits per heavy atom. The van der Waals surface area contributed by atoms with E-state index in [0.717, 1.165) is 0 Å². The number of nitrogens with one attached hydrogen (secondary N) is 1. The van der Waals surface area contributed by atoms with Crippen molar-refractivity contribution in [2.75, 3.05) is 18.1 Å². The molecule has 0 fully saturated rings. The molecule has 5 nitrogen and oxygen atoms in total. The van der Waals surface area contributed by atoms with Crippen LogP contribution in [0.25, 0.3) is 0 Å². The number of sulfone groups is 1. The average molecular weight is 285 g/mol. The minimum atomic E-state index is -3.09. The van der Waals surface area contributed by atoms with Gasteiger partial charge in [-0.2, -0.15) is 0 Å². The molecule has 6 heteroatoms. The van der Waals surface area contributed by atoms with Crippen LogP contribution in [0.3, 0.4) is 0 Å². The van der Waals surface area contributed by atoms with E-state index in [-0.39, 0.29) is 18.1 Å². The van der Waals surface area contributed by atoms with Crippen molar-refractivity contribution in [3.63, 3.8) is 0 Å². The van der Waals surface area contributed by atoms with Crippen LogP contribution in [0.2, 0.25) is 0 Å². The first kappa shape index (κ1) is 15.7. The molecule has 1 aromatic carbocycles. The number of rotatable bonds is 8. The fourth-order valence-electron chi connectivity index (χ4n) is 1.77. The molecule has 1 rings (SSSR count). The quantitative estimate of drug-likeness (QED) is 0.750. The van der Waals surface area contributed by atoms with Crippen molar-refractivity contribution in [1.29, 1.82) is 0 Å². The molecule has 1 unspecified atom stereocenters. The lowest BCUT2D eigenvalue weighted by Crippen LogP contribution is -2.32. The minimum absolute atomic E-state index is 0.0442. The molecule has 0 aliphatic carbocycles. The summed E-state index contributed by atoms with van der Waals surface area (Å²) in [4.78, 5) is 11.2. The zero-order chi connectivity index (χ0) is 14.3. The van der Waals surface area contributed by atoms with Crippen LogP contribution in [0.15, 0.2) is 30.3 Å². The lowest BCUT2D eigenvalue weighted by Gasteiger charge is -2.14. The number of aliphatic carboxylic acids is 1. The monoisotopic (exact) mass is 285 g/mol. The smallest absolute Gasteiger partial charge is 0.325 e. The molecule has 0 heterocycles. The maximum Gasteiger partial charge on any atom is 0.325 e. The lowest BCUT2D eigenvalue weighted by atomic mass is 10.1. The Morgan fingerprint density at radius 2 is 1.89 bits per heavy atom. The summed E-state index contributed by atoms with van der Waals surface area (Å²) in [5.41, 5.74) is 0.614. The number of hydrogen-bond donors (Lipinski definition) is 2. The van der Waals surface area contributed by atoms with Crippen LogP contribution in [-0.4, -0.2) is 37.5 Å². The second-order valence-corrected chi connectivity index (χ2v) is 6.59. The predicted octanol–water partition coefficient (Wildman–Crippen LogP) is 1.23. The highest BCUT2D eigenvalue weighted by atomic mass is 32.2. The van der Waals surface area contributed by atoms with Crippen molar-refractivity contribution in [1.82, 2.24) is 5.32 Å². The van der Waals surface area contributed by atoms with Crippen LogP contribution in [0.5, 0.6) is 0 Å². The standard InChI is InChI=1S/C13H19NO4S/c1-2-9-19(17,18)10-8-14-12(13(15)16)11-6-4-3-5-7-11/h3-7,12,14H,2,8-10H2,1H3,(H,15,16). The molecular weight excluding hydrogens is 266 g/mol. The first-order chi connectivity index (χ1) is 8.96. The van der Waals surface area contributed by atoms with Gasteiger partial charge in [0.25, 0.3) is 0 Å². The summed E-state index contributed by atoms with van der Waals surface area (Å²) in [6, 6.07) is 7.83. The van der Waals surface area contributed by atoms with Gasteiger partial charge in [-0.25, -0.2) is 8.42 Å². The molecule has 0 saturated heterocycles. The van der Waals surface area contributed by atoms with Gasteiger partial charge in [0, 0.05) is 12.3 Å². The predicted molar refractivity (Wildman–Crippen MR) is 73.8 cm³/mol. The molecular formula is C13H19NO4S. The number of hydrogen-bond acceptors (Lipinski definition) is 4. The van der Waals surface area contributed by atoms with E-state index in [1.807, 2.05) is 0 Å². The summed E-state index contributed by atoms with van der Waals surface area (Å²) < 4.78 is 23.1. The zero-order valence-electron chi connectivity index (χ0n) is 10.9. The summed E-state index contributed by atoms with van der Waals surface area (Å²) in [5, 5.41) is 11.9.